The van der Waals surface area contributed by atoms with E-state index in [1.807, 2.05) is 0 Å². The third-order valence-electron chi connectivity index (χ3n) is 6.05. The molecule has 3 aromatic rings. The molecule has 0 amide bonds. The second-order valence-corrected chi connectivity index (χ2v) is 8.15. The summed E-state index contributed by atoms with van der Waals surface area (Å²) in [5.41, 5.74) is -0.721. The largest absolute Gasteiger partial charge is 0.504 e. The number of methoxy groups -OCH3 is 3. The van der Waals surface area contributed by atoms with Crippen LogP contribution in [0.1, 0.15) is 0 Å². The standard InChI is InChI=1S/C24H26O13/c1-32-12-5-13(33-2)11(26)4-9(12)10-8-35-14-6-15(23(34-3)20(29)17(14)18(10)27)36-24-22(31)21(30)19(28)16(7-25)37-24/h4-6,8,16,19,21-22,24-26,28-31H,7H2,1-3H3/t16-,19-,21+,22-,24-/m0/s1. The highest BCUT2D eigenvalue weighted by atomic mass is 16.7. The quantitative estimate of drug-likeness (QED) is 0.244. The number of aliphatic hydroxyl groups excluding tert-OH is 4. The molecule has 1 fully saturated rings. The molecule has 4 rings (SSSR count). The van der Waals surface area contributed by atoms with Gasteiger partial charge in [-0.25, -0.2) is 0 Å². The van der Waals surface area contributed by atoms with E-state index in [0.717, 1.165) is 6.26 Å². The number of phenols is 2. The topological polar surface area (TPSA) is 198 Å². The first-order valence-electron chi connectivity index (χ1n) is 10.9. The van der Waals surface area contributed by atoms with Gasteiger partial charge >= 0.3 is 0 Å². The summed E-state index contributed by atoms with van der Waals surface area (Å²) in [6.07, 6.45) is -6.76. The highest BCUT2D eigenvalue weighted by Gasteiger charge is 2.45. The molecular formula is C24H26O13. The molecule has 1 aliphatic heterocycles. The van der Waals surface area contributed by atoms with Crippen molar-refractivity contribution in [3.05, 3.63) is 34.7 Å². The van der Waals surface area contributed by atoms with E-state index < -0.39 is 48.5 Å². The number of aromatic hydroxyl groups is 2. The van der Waals surface area contributed by atoms with Gasteiger partial charge in [-0.1, -0.05) is 0 Å². The lowest BCUT2D eigenvalue weighted by molar-refractivity contribution is -0.277. The van der Waals surface area contributed by atoms with Crippen molar-refractivity contribution in [1.29, 1.82) is 0 Å². The first kappa shape index (κ1) is 26.3. The number of hydrogen-bond donors (Lipinski definition) is 6. The van der Waals surface area contributed by atoms with Gasteiger partial charge in [-0.05, 0) is 6.07 Å². The minimum Gasteiger partial charge on any atom is -0.504 e. The van der Waals surface area contributed by atoms with Crippen LogP contribution in [0.4, 0.5) is 0 Å². The normalized spacial score (nSPS) is 23.6. The summed E-state index contributed by atoms with van der Waals surface area (Å²) < 4.78 is 32.1. The average Bonchev–Trinajstić information content (AvgIpc) is 2.89. The molecule has 0 bridgehead atoms. The molecule has 1 aromatic heterocycles. The van der Waals surface area contributed by atoms with Crippen molar-refractivity contribution in [1.82, 2.24) is 0 Å². The third kappa shape index (κ3) is 4.47. The maximum absolute atomic E-state index is 13.4. The molecule has 200 valence electrons. The Morgan fingerprint density at radius 3 is 2.19 bits per heavy atom. The maximum atomic E-state index is 13.4. The summed E-state index contributed by atoms with van der Waals surface area (Å²) in [6, 6.07) is 3.83. The van der Waals surface area contributed by atoms with E-state index in [2.05, 4.69) is 0 Å². The highest BCUT2D eigenvalue weighted by Crippen LogP contribution is 2.44. The number of phenolic OH excluding ortho intramolecular Hbond substituents is 2. The number of ether oxygens (including phenoxy) is 5. The van der Waals surface area contributed by atoms with Crippen LogP contribution in [0.25, 0.3) is 22.1 Å². The summed E-state index contributed by atoms with van der Waals surface area (Å²) in [4.78, 5) is 13.4. The molecule has 2 aromatic carbocycles. The minimum absolute atomic E-state index is 0.0535. The number of benzene rings is 2. The molecular weight excluding hydrogens is 496 g/mol. The summed E-state index contributed by atoms with van der Waals surface area (Å²) in [6.45, 7) is -0.674. The molecule has 0 spiro atoms. The lowest BCUT2D eigenvalue weighted by atomic mass is 9.99. The zero-order valence-corrected chi connectivity index (χ0v) is 19.9. The van der Waals surface area contributed by atoms with Gasteiger partial charge in [-0.2, -0.15) is 0 Å². The average molecular weight is 522 g/mol. The van der Waals surface area contributed by atoms with Gasteiger partial charge in [0, 0.05) is 17.7 Å². The van der Waals surface area contributed by atoms with Crippen LogP contribution in [-0.4, -0.2) is 89.3 Å². The molecule has 5 atom stereocenters. The number of fused-ring (bicyclic) bond motifs is 1. The van der Waals surface area contributed by atoms with Crippen molar-refractivity contribution in [2.45, 2.75) is 30.7 Å². The van der Waals surface area contributed by atoms with Crippen molar-refractivity contribution in [2.24, 2.45) is 0 Å². The van der Waals surface area contributed by atoms with Crippen molar-refractivity contribution in [3.63, 3.8) is 0 Å². The maximum Gasteiger partial charge on any atom is 0.229 e. The molecule has 37 heavy (non-hydrogen) atoms. The summed E-state index contributed by atoms with van der Waals surface area (Å²) >= 11 is 0. The van der Waals surface area contributed by atoms with E-state index in [-0.39, 0.29) is 50.8 Å². The Bertz CT molecular complexity index is 1350. The second-order valence-electron chi connectivity index (χ2n) is 8.15. The zero-order chi connectivity index (χ0) is 27.0. The van der Waals surface area contributed by atoms with Gasteiger partial charge in [0.15, 0.2) is 23.0 Å². The Kier molecular flexibility index (Phi) is 7.34. The monoisotopic (exact) mass is 522 g/mol. The van der Waals surface area contributed by atoms with Crippen LogP contribution in [0.2, 0.25) is 0 Å². The van der Waals surface area contributed by atoms with Crippen molar-refractivity contribution in [3.8, 4) is 45.6 Å². The van der Waals surface area contributed by atoms with Crippen LogP contribution < -0.4 is 24.4 Å². The van der Waals surface area contributed by atoms with Crippen molar-refractivity contribution in [2.75, 3.05) is 27.9 Å². The van der Waals surface area contributed by atoms with Crippen LogP contribution >= 0.6 is 0 Å². The lowest BCUT2D eigenvalue weighted by Gasteiger charge is -2.39. The lowest BCUT2D eigenvalue weighted by Crippen LogP contribution is -2.60. The Labute approximate surface area is 209 Å². The molecule has 0 saturated carbocycles. The molecule has 1 saturated heterocycles. The van der Waals surface area contributed by atoms with E-state index in [1.165, 1.54) is 39.5 Å². The van der Waals surface area contributed by atoms with Crippen LogP contribution in [0.15, 0.2) is 33.7 Å². The van der Waals surface area contributed by atoms with Crippen molar-refractivity contribution >= 4 is 11.0 Å². The molecule has 0 aliphatic carbocycles. The fourth-order valence-corrected chi connectivity index (χ4v) is 4.08. The van der Waals surface area contributed by atoms with Gasteiger partial charge in [0.25, 0.3) is 0 Å². The van der Waals surface area contributed by atoms with Gasteiger partial charge in [0.2, 0.25) is 17.5 Å². The number of aliphatic hydroxyl groups is 4. The van der Waals surface area contributed by atoms with Gasteiger partial charge < -0.3 is 58.7 Å². The summed E-state index contributed by atoms with van der Waals surface area (Å²) in [5, 5.41) is 60.5. The fraction of sp³-hybridized carbons (Fsp3) is 0.375. The zero-order valence-electron chi connectivity index (χ0n) is 19.9. The molecule has 0 radical (unpaired) electrons. The number of rotatable bonds is 7. The smallest absolute Gasteiger partial charge is 0.229 e. The van der Waals surface area contributed by atoms with Gasteiger partial charge in [-0.3, -0.25) is 4.79 Å². The first-order valence-corrected chi connectivity index (χ1v) is 10.9. The molecule has 0 unspecified atom stereocenters. The van der Waals surface area contributed by atoms with E-state index >= 15 is 0 Å². The van der Waals surface area contributed by atoms with E-state index in [1.54, 1.807) is 0 Å². The summed E-state index contributed by atoms with van der Waals surface area (Å²) in [5.74, 6) is -1.17. The van der Waals surface area contributed by atoms with E-state index in [4.69, 9.17) is 28.1 Å². The van der Waals surface area contributed by atoms with E-state index in [0.29, 0.717) is 0 Å². The fourth-order valence-electron chi connectivity index (χ4n) is 4.08. The van der Waals surface area contributed by atoms with Gasteiger partial charge in [0.1, 0.15) is 47.4 Å². The van der Waals surface area contributed by atoms with Crippen molar-refractivity contribution < 1.29 is 58.7 Å². The summed E-state index contributed by atoms with van der Waals surface area (Å²) in [7, 11) is 3.91. The Balaban J connectivity index is 1.81. The van der Waals surface area contributed by atoms with Crippen LogP contribution in [-0.2, 0) is 4.74 Å². The highest BCUT2D eigenvalue weighted by molar-refractivity contribution is 5.92. The minimum atomic E-state index is -1.73. The van der Waals surface area contributed by atoms with Crippen LogP contribution in [0, 0.1) is 0 Å². The SMILES string of the molecule is COc1cc(OC)c(-c2coc3cc(O[C@H]4O[C@@H](CO)[C@H](O)[C@@H](O)[C@@H]4O)c(OC)c(O)c3c2=O)cc1O. The molecule has 13 heteroatoms. The molecule has 2 heterocycles. The van der Waals surface area contributed by atoms with Crippen LogP contribution in [0.3, 0.4) is 0 Å². The molecule has 13 nitrogen and oxygen atoms in total. The van der Waals surface area contributed by atoms with E-state index in [9.17, 15) is 35.4 Å². The second kappa shape index (κ2) is 10.3. The first-order chi connectivity index (χ1) is 17.7. The van der Waals surface area contributed by atoms with Gasteiger partial charge in [0.05, 0.1) is 33.5 Å². The Hall–Kier alpha value is -3.75. The van der Waals surface area contributed by atoms with Gasteiger partial charge in [-0.15, -0.1) is 0 Å². The Morgan fingerprint density at radius 1 is 0.865 bits per heavy atom. The number of hydrogen-bond acceptors (Lipinski definition) is 13. The predicted octanol–water partition coefficient (Wildman–Crippen LogP) is 0.0757. The predicted molar refractivity (Wildman–Crippen MR) is 125 cm³/mol. The molecule has 1 aliphatic rings. The van der Waals surface area contributed by atoms with Crippen LogP contribution in [0.5, 0.6) is 34.5 Å². The third-order valence-corrected chi connectivity index (χ3v) is 6.05. The molecule has 6 N–H and O–H groups in total. The Morgan fingerprint density at radius 2 is 1.57 bits per heavy atom.